The Kier molecular flexibility index (Phi) is 33.4. The van der Waals surface area contributed by atoms with Crippen LogP contribution in [0.2, 0.25) is 0 Å². The number of fused-ring (bicyclic) bond motifs is 6. The average Bonchev–Trinajstić information content (AvgIpc) is 3.43. The number of benzene rings is 4. The molecule has 0 radical (unpaired) electrons. The van der Waals surface area contributed by atoms with E-state index < -0.39 is 11.9 Å². The summed E-state index contributed by atoms with van der Waals surface area (Å²) in [7, 11) is 0. The third-order valence-corrected chi connectivity index (χ3v) is 15.9. The summed E-state index contributed by atoms with van der Waals surface area (Å²) < 4.78 is 18.3. The molecule has 0 amide bonds. The Morgan fingerprint density at radius 2 is 0.467 bits per heavy atom. The molecule has 0 aliphatic rings. The van der Waals surface area contributed by atoms with Gasteiger partial charge >= 0.3 is 17.9 Å². The van der Waals surface area contributed by atoms with Crippen LogP contribution in [0.25, 0.3) is 32.3 Å². The predicted molar refractivity (Wildman–Crippen MR) is 321 cm³/mol. The van der Waals surface area contributed by atoms with E-state index in [1.807, 2.05) is 12.1 Å². The van der Waals surface area contributed by atoms with Gasteiger partial charge < -0.3 is 14.2 Å². The molecule has 6 heteroatoms. The number of rotatable bonds is 45. The maximum absolute atomic E-state index is 14.5. The second-order valence-electron chi connectivity index (χ2n) is 22.4. The molecule has 0 aliphatic heterocycles. The number of hydrogen-bond acceptors (Lipinski definition) is 6. The quantitative estimate of drug-likeness (QED) is 0.0190. The Balaban J connectivity index is 1.97. The van der Waals surface area contributed by atoms with E-state index in [4.69, 9.17) is 14.2 Å². The minimum atomic E-state index is -0.499. The van der Waals surface area contributed by atoms with E-state index >= 15 is 0 Å². The molecule has 0 heterocycles. The van der Waals surface area contributed by atoms with E-state index in [0.717, 1.165) is 141 Å². The smallest absolute Gasteiger partial charge is 0.339 e. The van der Waals surface area contributed by atoms with Crippen LogP contribution in [0, 0.1) is 0 Å². The Morgan fingerprint density at radius 3 is 0.773 bits per heavy atom. The topological polar surface area (TPSA) is 78.9 Å². The summed E-state index contributed by atoms with van der Waals surface area (Å²) >= 11 is 0. The fourth-order valence-electron chi connectivity index (χ4n) is 11.1. The molecule has 0 bridgehead atoms. The first-order chi connectivity index (χ1) is 36.8. The monoisotopic (exact) mass is 1030 g/mol. The predicted octanol–water partition coefficient (Wildman–Crippen LogP) is 21.4. The summed E-state index contributed by atoms with van der Waals surface area (Å²) in [5.74, 6) is -1.25. The first kappa shape index (κ1) is 63.6. The fraction of sp³-hybridized carbons (Fsp3) is 0.696. The van der Waals surface area contributed by atoms with Gasteiger partial charge in [0.15, 0.2) is 0 Å². The van der Waals surface area contributed by atoms with E-state index in [2.05, 4.69) is 65.8 Å². The zero-order valence-corrected chi connectivity index (χ0v) is 49.1. The SMILES string of the molecule is CCCCCCCCOC(=O)c1cc2c(cc1CCCCCCCC)c1cc(CCCCCCCC)c(CCCCCCCC)cc1c1cc(C(=O)OCCCCCCCC)c(C(=O)OCCCCCCCC)cc21. The Morgan fingerprint density at radius 1 is 0.253 bits per heavy atom. The summed E-state index contributed by atoms with van der Waals surface area (Å²) in [6.07, 6.45) is 44.4. The third kappa shape index (κ3) is 22.9. The average molecular weight is 1030 g/mol. The van der Waals surface area contributed by atoms with Crippen molar-refractivity contribution in [2.45, 2.75) is 292 Å². The number of ether oxygens (including phenoxy) is 3. The van der Waals surface area contributed by atoms with E-state index in [9.17, 15) is 14.4 Å². The lowest BCUT2D eigenvalue weighted by Crippen LogP contribution is -2.15. The van der Waals surface area contributed by atoms with E-state index in [-0.39, 0.29) is 17.1 Å². The highest BCUT2D eigenvalue weighted by Crippen LogP contribution is 2.41. The summed E-state index contributed by atoms with van der Waals surface area (Å²) in [4.78, 5) is 43.5. The van der Waals surface area contributed by atoms with Gasteiger partial charge in [0.25, 0.3) is 0 Å². The van der Waals surface area contributed by atoms with Crippen molar-refractivity contribution in [3.63, 3.8) is 0 Å². The number of carbonyl (C=O) groups is 3. The van der Waals surface area contributed by atoms with Crippen LogP contribution in [-0.2, 0) is 33.5 Å². The minimum absolute atomic E-state index is 0.234. The maximum atomic E-state index is 14.5. The molecule has 0 saturated carbocycles. The lowest BCUT2D eigenvalue weighted by Gasteiger charge is -2.20. The van der Waals surface area contributed by atoms with E-state index in [1.165, 1.54) is 159 Å². The van der Waals surface area contributed by atoms with Crippen LogP contribution < -0.4 is 0 Å². The van der Waals surface area contributed by atoms with Gasteiger partial charge in [0.1, 0.15) is 0 Å². The molecule has 0 fully saturated rings. The lowest BCUT2D eigenvalue weighted by molar-refractivity contribution is 0.0450. The van der Waals surface area contributed by atoms with Crippen molar-refractivity contribution in [1.29, 1.82) is 0 Å². The summed E-state index contributed by atoms with van der Waals surface area (Å²) in [6, 6.07) is 13.1. The molecule has 0 N–H and O–H groups in total. The highest BCUT2D eigenvalue weighted by molar-refractivity contribution is 6.28. The second kappa shape index (κ2) is 39.4. The van der Waals surface area contributed by atoms with Crippen molar-refractivity contribution in [2.24, 2.45) is 0 Å². The first-order valence-corrected chi connectivity index (χ1v) is 31.9. The van der Waals surface area contributed by atoms with Gasteiger partial charge in [0, 0.05) is 0 Å². The number of carbonyl (C=O) groups excluding carboxylic acids is 3. The molecule has 0 aromatic heterocycles. The van der Waals surface area contributed by atoms with Crippen molar-refractivity contribution in [2.75, 3.05) is 19.8 Å². The third-order valence-electron chi connectivity index (χ3n) is 15.9. The van der Waals surface area contributed by atoms with E-state index in [0.29, 0.717) is 25.4 Å². The highest BCUT2D eigenvalue weighted by Gasteiger charge is 2.25. The van der Waals surface area contributed by atoms with Crippen LogP contribution in [0.5, 0.6) is 0 Å². The Labute approximate surface area is 458 Å². The molecule has 0 aliphatic carbocycles. The van der Waals surface area contributed by atoms with Crippen molar-refractivity contribution in [3.05, 3.63) is 69.8 Å². The zero-order chi connectivity index (χ0) is 53.7. The van der Waals surface area contributed by atoms with Crippen LogP contribution in [0.3, 0.4) is 0 Å². The number of aryl methyl sites for hydroxylation is 3. The van der Waals surface area contributed by atoms with Gasteiger partial charge in [0.05, 0.1) is 36.5 Å². The van der Waals surface area contributed by atoms with Crippen molar-refractivity contribution in [3.8, 4) is 0 Å². The van der Waals surface area contributed by atoms with Crippen LogP contribution >= 0.6 is 0 Å². The van der Waals surface area contributed by atoms with Gasteiger partial charge in [-0.1, -0.05) is 246 Å². The maximum Gasteiger partial charge on any atom is 0.339 e. The molecule has 4 rings (SSSR count). The molecular weight excluding hydrogens is 925 g/mol. The van der Waals surface area contributed by atoms with Crippen molar-refractivity contribution < 1.29 is 28.6 Å². The van der Waals surface area contributed by atoms with Crippen LogP contribution in [-0.4, -0.2) is 37.7 Å². The second-order valence-corrected chi connectivity index (χ2v) is 22.4. The summed E-state index contributed by atoms with van der Waals surface area (Å²) in [5, 5.41) is 5.98. The molecule has 0 unspecified atom stereocenters. The molecule has 75 heavy (non-hydrogen) atoms. The standard InChI is InChI=1S/C69H108O6/c1-7-13-19-25-31-37-43-55-49-59-60(50-56(55)44-38-32-26-20-14-8-2)63-53-65(68(71)74-47-41-35-29-23-17-11-5)66(69(72)75-48-42-36-30-24-18-12-6)54-64(63)62-52-58(67(70)73-46-40-34-28-22-16-10-4)57(51-61(59)62)45-39-33-27-21-15-9-3/h49-54H,7-48H2,1-6H3. The fourth-order valence-corrected chi connectivity index (χ4v) is 11.1. The lowest BCUT2D eigenvalue weighted by atomic mass is 9.85. The van der Waals surface area contributed by atoms with Crippen LogP contribution in [0.15, 0.2) is 36.4 Å². The number of esters is 3. The zero-order valence-electron chi connectivity index (χ0n) is 49.1. The van der Waals surface area contributed by atoms with E-state index in [1.54, 1.807) is 0 Å². The molecule has 0 saturated heterocycles. The molecule has 6 nitrogen and oxygen atoms in total. The number of unbranched alkanes of at least 4 members (excludes halogenated alkanes) is 30. The molecule has 4 aromatic rings. The van der Waals surface area contributed by atoms with Crippen LogP contribution in [0.1, 0.15) is 320 Å². The van der Waals surface area contributed by atoms with Gasteiger partial charge in [-0.2, -0.15) is 0 Å². The molecule has 420 valence electrons. The normalized spacial score (nSPS) is 11.6. The molecule has 0 spiro atoms. The van der Waals surface area contributed by atoms with Gasteiger partial charge in [0.2, 0.25) is 0 Å². The Hall–Kier alpha value is -3.93. The summed E-state index contributed by atoms with van der Waals surface area (Å²) in [6.45, 7) is 14.5. The van der Waals surface area contributed by atoms with Crippen molar-refractivity contribution >= 4 is 50.2 Å². The van der Waals surface area contributed by atoms with Gasteiger partial charge in [-0.25, -0.2) is 14.4 Å². The minimum Gasteiger partial charge on any atom is -0.462 e. The highest BCUT2D eigenvalue weighted by atomic mass is 16.5. The van der Waals surface area contributed by atoms with Gasteiger partial charge in [-0.15, -0.1) is 0 Å². The Bertz CT molecular complexity index is 2200. The molecular formula is C69H108O6. The number of hydrogen-bond donors (Lipinski definition) is 0. The van der Waals surface area contributed by atoms with Crippen molar-refractivity contribution in [1.82, 2.24) is 0 Å². The molecule has 4 aromatic carbocycles. The first-order valence-electron chi connectivity index (χ1n) is 31.9. The summed E-state index contributed by atoms with van der Waals surface area (Å²) in [5.41, 5.74) is 4.95. The molecule has 0 atom stereocenters. The van der Waals surface area contributed by atoms with Gasteiger partial charge in [-0.05, 0) is 131 Å². The van der Waals surface area contributed by atoms with Crippen LogP contribution in [0.4, 0.5) is 0 Å². The van der Waals surface area contributed by atoms with Gasteiger partial charge in [-0.3, -0.25) is 0 Å². The largest absolute Gasteiger partial charge is 0.462 e.